The number of hydrogen-bond acceptors (Lipinski definition) is 4. The number of benzene rings is 1. The van der Waals surface area contributed by atoms with Gasteiger partial charge in [0.2, 0.25) is 0 Å². The first-order valence-electron chi connectivity index (χ1n) is 8.13. The summed E-state index contributed by atoms with van der Waals surface area (Å²) in [4.78, 5) is 21.9. The Morgan fingerprint density at radius 3 is 2.81 bits per heavy atom. The Hall–Kier alpha value is -1.76. The van der Waals surface area contributed by atoms with Crippen molar-refractivity contribution in [3.63, 3.8) is 0 Å². The molecule has 0 saturated carbocycles. The number of amides is 1. The van der Waals surface area contributed by atoms with E-state index >= 15 is 0 Å². The molecule has 133 valence electrons. The minimum atomic E-state index is -0.314. The van der Waals surface area contributed by atoms with E-state index in [0.717, 1.165) is 34.6 Å². The van der Waals surface area contributed by atoms with E-state index in [9.17, 15) is 4.79 Å². The molecule has 3 aromatic rings. The number of imidazole rings is 1. The maximum absolute atomic E-state index is 12.5. The molecule has 1 amide bonds. The summed E-state index contributed by atoms with van der Waals surface area (Å²) in [7, 11) is 1.42. The quantitative estimate of drug-likeness (QED) is 0.485. The maximum Gasteiger partial charge on any atom is 0.278 e. The Kier molecular flexibility index (Phi) is 6.92. The van der Waals surface area contributed by atoms with Crippen LogP contribution in [-0.2, 0) is 44.0 Å². The summed E-state index contributed by atoms with van der Waals surface area (Å²) < 4.78 is 1.96. The van der Waals surface area contributed by atoms with Crippen LogP contribution in [0.3, 0.4) is 0 Å². The summed E-state index contributed by atoms with van der Waals surface area (Å²) in [6, 6.07) is 8.71. The van der Waals surface area contributed by atoms with Crippen LogP contribution in [0.4, 0.5) is 11.4 Å². The molecule has 6 nitrogen and oxygen atoms in total. The van der Waals surface area contributed by atoms with Gasteiger partial charge in [0, 0.05) is 56.4 Å². The van der Waals surface area contributed by atoms with Crippen molar-refractivity contribution in [2.75, 3.05) is 12.4 Å². The molecular formula is C19H21N4O2Y-. The van der Waals surface area contributed by atoms with Crippen molar-refractivity contribution >= 4 is 22.9 Å². The number of aryl methyl sites for hydroxylation is 3. The molecule has 2 heterocycles. The smallest absolute Gasteiger partial charge is 0.278 e. The second kappa shape index (κ2) is 8.76. The fourth-order valence-corrected chi connectivity index (χ4v) is 2.86. The average molecular weight is 426 g/mol. The second-order valence-electron chi connectivity index (χ2n) is 5.84. The SMILES string of the molecule is CCc1cnc2c(C)c(Nc3cc[c-]cc3C)c(C(=O)NOC)cn12.[Y]. The Morgan fingerprint density at radius 2 is 2.15 bits per heavy atom. The van der Waals surface area contributed by atoms with Gasteiger partial charge in [-0.1, -0.05) is 19.5 Å². The number of fused-ring (bicyclic) bond motifs is 1. The van der Waals surface area contributed by atoms with E-state index in [4.69, 9.17) is 4.84 Å². The number of nitrogens with zero attached hydrogens (tertiary/aromatic N) is 2. The van der Waals surface area contributed by atoms with Gasteiger partial charge >= 0.3 is 0 Å². The van der Waals surface area contributed by atoms with Crippen molar-refractivity contribution in [1.82, 2.24) is 14.9 Å². The van der Waals surface area contributed by atoms with Gasteiger partial charge in [-0.2, -0.15) is 18.2 Å². The first-order valence-corrected chi connectivity index (χ1v) is 8.13. The molecule has 1 aromatic carbocycles. The first kappa shape index (κ1) is 20.6. The van der Waals surface area contributed by atoms with Gasteiger partial charge in [-0.3, -0.25) is 9.63 Å². The molecule has 0 atom stereocenters. The molecule has 7 heteroatoms. The van der Waals surface area contributed by atoms with E-state index in [1.165, 1.54) is 7.11 Å². The van der Waals surface area contributed by atoms with Crippen molar-refractivity contribution in [2.45, 2.75) is 27.2 Å². The van der Waals surface area contributed by atoms with E-state index in [-0.39, 0.29) is 38.6 Å². The Labute approximate surface area is 178 Å². The molecule has 0 spiro atoms. The number of nitrogens with one attached hydrogen (secondary N) is 2. The minimum absolute atomic E-state index is 0. The van der Waals surface area contributed by atoms with Crippen LogP contribution in [0.15, 0.2) is 30.6 Å². The number of anilines is 2. The molecular weight excluding hydrogens is 405 g/mol. The van der Waals surface area contributed by atoms with Crippen LogP contribution in [0.1, 0.15) is 34.1 Å². The number of carbonyl (C=O) groups excluding carboxylic acids is 1. The minimum Gasteiger partial charge on any atom is -0.377 e. The Bertz CT molecular complexity index is 937. The molecule has 0 unspecified atom stereocenters. The van der Waals surface area contributed by atoms with Crippen molar-refractivity contribution in [1.29, 1.82) is 0 Å². The zero-order valence-electron chi connectivity index (χ0n) is 15.4. The molecule has 0 aliphatic carbocycles. The zero-order chi connectivity index (χ0) is 18.0. The fourth-order valence-electron chi connectivity index (χ4n) is 2.86. The van der Waals surface area contributed by atoms with Crippen LogP contribution in [-0.4, -0.2) is 22.4 Å². The Balaban J connectivity index is 0.00000243. The van der Waals surface area contributed by atoms with Crippen LogP contribution in [0.5, 0.6) is 0 Å². The molecule has 0 aliphatic heterocycles. The second-order valence-corrected chi connectivity index (χ2v) is 5.84. The molecule has 0 fully saturated rings. The van der Waals surface area contributed by atoms with Gasteiger partial charge < -0.3 is 9.72 Å². The third kappa shape index (κ3) is 3.82. The third-order valence-electron chi connectivity index (χ3n) is 4.24. The summed E-state index contributed by atoms with van der Waals surface area (Å²) in [5.74, 6) is -0.314. The van der Waals surface area contributed by atoms with Gasteiger partial charge in [-0.15, -0.1) is 11.6 Å². The number of carbonyl (C=O) groups is 1. The molecule has 2 aromatic heterocycles. The first-order chi connectivity index (χ1) is 12.1. The van der Waals surface area contributed by atoms with Crippen molar-refractivity contribution in [2.24, 2.45) is 0 Å². The number of rotatable bonds is 5. The van der Waals surface area contributed by atoms with Crippen LogP contribution >= 0.6 is 0 Å². The molecule has 3 rings (SSSR count). The van der Waals surface area contributed by atoms with E-state index in [0.29, 0.717) is 11.3 Å². The van der Waals surface area contributed by atoms with Crippen LogP contribution in [0, 0.1) is 19.9 Å². The normalized spacial score (nSPS) is 10.5. The van der Waals surface area contributed by atoms with Gasteiger partial charge in [-0.25, -0.2) is 10.5 Å². The summed E-state index contributed by atoms with van der Waals surface area (Å²) in [6.07, 6.45) is 4.47. The molecule has 1 radical (unpaired) electrons. The fraction of sp³-hybridized carbons (Fsp3) is 0.263. The molecule has 0 aliphatic rings. The standard InChI is InChI=1S/C19H21N4O2.Y/c1-5-14-10-20-18-13(3)17(21-16-9-7-6-8-12(16)2)15(11-23(14)18)19(24)22-25-4;/h7-11,21H,5H2,1-4H3,(H,22,24);/q-1;. The summed E-state index contributed by atoms with van der Waals surface area (Å²) in [5.41, 5.74) is 8.34. The van der Waals surface area contributed by atoms with Crippen LogP contribution in [0.25, 0.3) is 5.65 Å². The maximum atomic E-state index is 12.5. The predicted molar refractivity (Wildman–Crippen MR) is 97.1 cm³/mol. The van der Waals surface area contributed by atoms with E-state index in [1.54, 1.807) is 6.20 Å². The topological polar surface area (TPSA) is 67.7 Å². The predicted octanol–water partition coefficient (Wildman–Crippen LogP) is 3.35. The molecule has 2 N–H and O–H groups in total. The number of hydroxylamine groups is 1. The number of aromatic nitrogens is 2. The van der Waals surface area contributed by atoms with Crippen LogP contribution < -0.4 is 10.8 Å². The average Bonchev–Trinajstić information content (AvgIpc) is 3.02. The summed E-state index contributed by atoms with van der Waals surface area (Å²) >= 11 is 0. The summed E-state index contributed by atoms with van der Waals surface area (Å²) in [6.45, 7) is 6.01. The van der Waals surface area contributed by atoms with Gasteiger partial charge in [0.1, 0.15) is 5.65 Å². The number of hydrogen-bond donors (Lipinski definition) is 2. The zero-order valence-corrected chi connectivity index (χ0v) is 18.2. The van der Waals surface area contributed by atoms with Gasteiger partial charge in [0.25, 0.3) is 5.91 Å². The third-order valence-corrected chi connectivity index (χ3v) is 4.24. The monoisotopic (exact) mass is 426 g/mol. The van der Waals surface area contributed by atoms with E-state index < -0.39 is 0 Å². The van der Waals surface area contributed by atoms with Crippen molar-refractivity contribution in [3.8, 4) is 0 Å². The van der Waals surface area contributed by atoms with Gasteiger partial charge in [0.15, 0.2) is 0 Å². The van der Waals surface area contributed by atoms with Gasteiger partial charge in [0.05, 0.1) is 18.4 Å². The molecule has 0 bridgehead atoms. The summed E-state index contributed by atoms with van der Waals surface area (Å²) in [5, 5.41) is 3.38. The van der Waals surface area contributed by atoms with E-state index in [2.05, 4.69) is 28.8 Å². The van der Waals surface area contributed by atoms with Crippen LogP contribution in [0.2, 0.25) is 0 Å². The van der Waals surface area contributed by atoms with E-state index in [1.807, 2.05) is 42.6 Å². The Morgan fingerprint density at radius 1 is 1.38 bits per heavy atom. The molecule has 0 saturated heterocycles. The van der Waals surface area contributed by atoms with Crippen molar-refractivity contribution < 1.29 is 42.3 Å². The van der Waals surface area contributed by atoms with Crippen molar-refractivity contribution in [3.05, 3.63) is 59.0 Å². The number of pyridine rings is 1. The van der Waals surface area contributed by atoms with Gasteiger partial charge in [-0.05, 0) is 13.3 Å². The largest absolute Gasteiger partial charge is 0.377 e. The molecule has 26 heavy (non-hydrogen) atoms.